The van der Waals surface area contributed by atoms with Gasteiger partial charge < -0.3 is 19.3 Å². The van der Waals surface area contributed by atoms with E-state index in [9.17, 15) is 0 Å². The molecule has 0 saturated heterocycles. The normalized spacial score (nSPS) is 11.9. The predicted molar refractivity (Wildman–Crippen MR) is 62.2 cm³/mol. The van der Waals surface area contributed by atoms with E-state index in [0.717, 1.165) is 0 Å². The number of rotatable bonds is 4. The molecule has 0 rings (SSSR count). The number of hydrogen-bond acceptors (Lipinski definition) is 8. The molecular formula is C8H24N2O8S. The van der Waals surface area contributed by atoms with Gasteiger partial charge in [0.25, 0.3) is 0 Å². The van der Waals surface area contributed by atoms with Crippen LogP contribution in [-0.4, -0.2) is 102 Å². The maximum Gasteiger partial charge on any atom is 0.131 e. The number of aliphatic hydroxyl groups is 2. The van der Waals surface area contributed by atoms with Crippen LogP contribution in [0.1, 0.15) is 0 Å². The van der Waals surface area contributed by atoms with E-state index in [0.29, 0.717) is 13.1 Å². The minimum atomic E-state index is -5.17. The summed E-state index contributed by atoms with van der Waals surface area (Å²) in [5.74, 6) is 0. The van der Waals surface area contributed by atoms with Gasteiger partial charge in [0.15, 0.2) is 0 Å². The van der Waals surface area contributed by atoms with Crippen LogP contribution in [-0.2, 0) is 10.4 Å². The second-order valence-electron chi connectivity index (χ2n) is 4.54. The van der Waals surface area contributed by atoms with Crippen molar-refractivity contribution in [3.05, 3.63) is 0 Å². The minimum absolute atomic E-state index is 0.0312. The lowest BCUT2D eigenvalue weighted by atomic mass is 10.6. The first-order chi connectivity index (χ1) is 8.12. The molecule has 0 aromatic rings. The summed E-state index contributed by atoms with van der Waals surface area (Å²) in [6, 6.07) is 0. The molecule has 0 bridgehead atoms. The number of nitrogens with zero attached hydrogens (tertiary/aromatic N) is 2. The van der Waals surface area contributed by atoms with Crippen molar-refractivity contribution in [2.45, 2.75) is 0 Å². The van der Waals surface area contributed by atoms with Crippen LogP contribution < -0.4 is 0 Å². The summed E-state index contributed by atoms with van der Waals surface area (Å²) in [5.41, 5.74) is 0. The summed E-state index contributed by atoms with van der Waals surface area (Å²) in [6.45, 7) is 0.840. The molecular weight excluding hydrogens is 284 g/mol. The van der Waals surface area contributed by atoms with Gasteiger partial charge in [0, 0.05) is 10.4 Å². The Bertz CT molecular complexity index is 269. The first kappa shape index (κ1) is 23.7. The predicted octanol–water partition coefficient (Wildman–Crippen LogP) is -2.45. The van der Waals surface area contributed by atoms with Crippen LogP contribution in [0.3, 0.4) is 0 Å². The third kappa shape index (κ3) is 74.0. The Morgan fingerprint density at radius 1 is 0.842 bits per heavy atom. The quantitative estimate of drug-likeness (QED) is 0.192. The molecule has 0 aromatic carbocycles. The fourth-order valence-electron chi connectivity index (χ4n) is 0.489. The van der Waals surface area contributed by atoms with Crippen LogP contribution in [0.15, 0.2) is 0 Å². The maximum absolute atomic E-state index is 8.80. The fraction of sp³-hybridized carbons (Fsp3) is 1.00. The molecule has 0 heterocycles. The standard InChI is InChI=1S/2C4H12NO2.H2O4S/c2*1-5(2,7)3-4-6;1-5(2,3)4/h2*6-7H,3-4H2,1-2H3;(H2,1,2,3,4)/q2*+1;/p-2. The molecule has 0 radical (unpaired) electrons. The molecule has 4 N–H and O–H groups in total. The van der Waals surface area contributed by atoms with Crippen LogP contribution >= 0.6 is 0 Å². The smallest absolute Gasteiger partial charge is 0.131 e. The van der Waals surface area contributed by atoms with Crippen molar-refractivity contribution >= 4 is 10.4 Å². The number of hydrogen-bond donors (Lipinski definition) is 4. The Hall–Kier alpha value is -0.370. The summed E-state index contributed by atoms with van der Waals surface area (Å²) >= 11 is 0. The van der Waals surface area contributed by atoms with Gasteiger partial charge in [0.2, 0.25) is 0 Å². The number of aliphatic hydroxyl groups excluding tert-OH is 2. The third-order valence-electron chi connectivity index (χ3n) is 1.29. The summed E-state index contributed by atoms with van der Waals surface area (Å²) in [6.07, 6.45) is 0. The lowest BCUT2D eigenvalue weighted by Crippen LogP contribution is -2.37. The molecule has 120 valence electrons. The van der Waals surface area contributed by atoms with Gasteiger partial charge in [-0.25, -0.2) is 10.4 Å². The van der Waals surface area contributed by atoms with Gasteiger partial charge in [-0.1, -0.05) is 0 Å². The van der Waals surface area contributed by atoms with Crippen molar-refractivity contribution in [1.82, 2.24) is 0 Å². The SMILES string of the molecule is C[N+](C)(O)CCO.C[N+](C)(O)CCO.O=S(=O)([O-])[O-]. The Kier molecular flexibility index (Phi) is 13.0. The van der Waals surface area contributed by atoms with E-state index in [1.165, 1.54) is 0 Å². The van der Waals surface area contributed by atoms with E-state index >= 15 is 0 Å². The summed E-state index contributed by atoms with van der Waals surface area (Å²) in [4.78, 5) is 0. The molecule has 0 spiro atoms. The zero-order valence-electron chi connectivity index (χ0n) is 11.6. The van der Waals surface area contributed by atoms with Crippen molar-refractivity contribution < 1.29 is 47.4 Å². The highest BCUT2D eigenvalue weighted by molar-refractivity contribution is 7.79. The van der Waals surface area contributed by atoms with Crippen LogP contribution in [0.4, 0.5) is 0 Å². The summed E-state index contributed by atoms with van der Waals surface area (Å²) in [7, 11) is 1.26. The summed E-state index contributed by atoms with van der Waals surface area (Å²) in [5, 5.41) is 34.0. The van der Waals surface area contributed by atoms with E-state index < -0.39 is 10.4 Å². The zero-order valence-corrected chi connectivity index (χ0v) is 12.4. The van der Waals surface area contributed by atoms with E-state index in [1.807, 2.05) is 0 Å². The molecule has 11 heteroatoms. The van der Waals surface area contributed by atoms with Crippen LogP contribution in [0.5, 0.6) is 0 Å². The van der Waals surface area contributed by atoms with Gasteiger partial charge in [-0.05, 0) is 0 Å². The second kappa shape index (κ2) is 10.4. The van der Waals surface area contributed by atoms with E-state index in [1.54, 1.807) is 28.2 Å². The van der Waals surface area contributed by atoms with Gasteiger partial charge in [-0.3, -0.25) is 8.42 Å². The lowest BCUT2D eigenvalue weighted by Gasteiger charge is -2.17. The fourth-order valence-corrected chi connectivity index (χ4v) is 0.489. The molecule has 19 heavy (non-hydrogen) atoms. The van der Waals surface area contributed by atoms with Gasteiger partial charge in [-0.15, -0.1) is 0 Å². The first-order valence-electron chi connectivity index (χ1n) is 5.12. The highest BCUT2D eigenvalue weighted by Gasteiger charge is 2.07. The van der Waals surface area contributed by atoms with Crippen molar-refractivity contribution in [2.75, 3.05) is 54.5 Å². The Balaban J connectivity index is -0.000000206. The van der Waals surface area contributed by atoms with Crippen LogP contribution in [0.2, 0.25) is 0 Å². The van der Waals surface area contributed by atoms with Crippen molar-refractivity contribution in [3.8, 4) is 0 Å². The monoisotopic (exact) mass is 308 g/mol. The second-order valence-corrected chi connectivity index (χ2v) is 5.36. The molecule has 0 aliphatic carbocycles. The van der Waals surface area contributed by atoms with Gasteiger partial charge in [-0.2, -0.15) is 9.29 Å². The highest BCUT2D eigenvalue weighted by atomic mass is 32.3. The van der Waals surface area contributed by atoms with Crippen LogP contribution in [0.25, 0.3) is 0 Å². The van der Waals surface area contributed by atoms with Crippen LogP contribution in [0, 0.1) is 0 Å². The van der Waals surface area contributed by atoms with Gasteiger partial charge in [0.05, 0.1) is 41.4 Å². The molecule has 10 nitrogen and oxygen atoms in total. The molecule has 0 aliphatic heterocycles. The molecule has 0 aliphatic rings. The molecule has 0 atom stereocenters. The van der Waals surface area contributed by atoms with E-state index in [2.05, 4.69) is 0 Å². The number of likely N-dealkylation sites (N-methyl/N-ethyl adjacent to an activating group) is 2. The van der Waals surface area contributed by atoms with Gasteiger partial charge in [0.1, 0.15) is 13.1 Å². The topological polar surface area (TPSA) is 161 Å². The van der Waals surface area contributed by atoms with Gasteiger partial charge >= 0.3 is 0 Å². The lowest BCUT2D eigenvalue weighted by molar-refractivity contribution is -1.07. The summed E-state index contributed by atoms with van der Waals surface area (Å²) < 4.78 is 33.8. The zero-order chi connectivity index (χ0) is 16.3. The van der Waals surface area contributed by atoms with Crippen molar-refractivity contribution in [3.63, 3.8) is 0 Å². The molecule has 0 saturated carbocycles. The Morgan fingerprint density at radius 3 is 1.00 bits per heavy atom. The maximum atomic E-state index is 8.80. The van der Waals surface area contributed by atoms with Crippen molar-refractivity contribution in [2.24, 2.45) is 0 Å². The molecule has 0 unspecified atom stereocenters. The number of quaternary nitrogens is 2. The van der Waals surface area contributed by atoms with E-state index in [-0.39, 0.29) is 22.5 Å². The first-order valence-corrected chi connectivity index (χ1v) is 6.45. The Labute approximate surface area is 113 Å². The third-order valence-corrected chi connectivity index (χ3v) is 1.29. The average Bonchev–Trinajstić information content (AvgIpc) is 1.95. The Morgan fingerprint density at radius 2 is 1.00 bits per heavy atom. The van der Waals surface area contributed by atoms with Crippen molar-refractivity contribution in [1.29, 1.82) is 0 Å². The highest BCUT2D eigenvalue weighted by Crippen LogP contribution is 1.84. The largest absolute Gasteiger partial charge is 0.759 e. The molecule has 0 amide bonds. The molecule has 0 aromatic heterocycles. The molecule has 0 fully saturated rings. The van der Waals surface area contributed by atoms with E-state index in [4.69, 9.17) is 38.2 Å². The number of hydroxylamine groups is 6. The average molecular weight is 308 g/mol. The minimum Gasteiger partial charge on any atom is -0.759 e.